The number of anilines is 6. The van der Waals surface area contributed by atoms with E-state index in [1.807, 2.05) is 0 Å². The molecule has 2 aliphatic heterocycles. The van der Waals surface area contributed by atoms with Crippen LogP contribution in [0.3, 0.4) is 0 Å². The topological polar surface area (TPSA) is 6.48 Å². The zero-order valence-electron chi connectivity index (χ0n) is 50.9. The summed E-state index contributed by atoms with van der Waals surface area (Å²) in [4.78, 5) is 5.79. The molecule has 4 saturated carbocycles. The summed E-state index contributed by atoms with van der Waals surface area (Å²) in [5, 5.41) is 1.46. The first-order valence-electron chi connectivity index (χ1n) is 31.4. The number of rotatable bonds is 3. The molecule has 0 N–H and O–H groups in total. The van der Waals surface area contributed by atoms with Gasteiger partial charge >= 0.3 is 0 Å². The van der Waals surface area contributed by atoms with Gasteiger partial charge in [0, 0.05) is 43.3 Å². The van der Waals surface area contributed by atoms with Crippen LogP contribution in [0.15, 0.2) is 72.8 Å². The van der Waals surface area contributed by atoms with Crippen molar-refractivity contribution < 1.29 is 0 Å². The van der Waals surface area contributed by atoms with Crippen molar-refractivity contribution in [2.24, 2.45) is 17.8 Å². The summed E-state index contributed by atoms with van der Waals surface area (Å²) < 4.78 is 3.01. The SMILES string of the molecule is CC1(C)CCC(C)(C)c2cc(N3c4cc5c(cc4B4c6sc7cc8c(cc7c6N(c6ccc7c(c6)C(C)(C)CCC7(C)C)c6cc(C79CC%10CC(CC(C%10)C7)C9)cc3c64)C(C)(C)CCC8(C)C)C(C)(C)CCC5(C)C)ccc21. The van der Waals surface area contributed by atoms with Crippen LogP contribution >= 0.6 is 11.3 Å². The molecule has 0 spiro atoms. The number of nitrogens with zero attached hydrogens (tertiary/aromatic N) is 2. The Hall–Kier alpha value is -4.28. The predicted octanol–water partition coefficient (Wildman–Crippen LogP) is 18.8. The molecule has 5 aromatic carbocycles. The Balaban J connectivity index is 1.10. The van der Waals surface area contributed by atoms with Gasteiger partial charge in [-0.05, 0) is 272 Å². The van der Waals surface area contributed by atoms with Crippen LogP contribution in [0.1, 0.15) is 251 Å². The van der Waals surface area contributed by atoms with Crippen LogP contribution < -0.4 is 25.5 Å². The maximum absolute atomic E-state index is 2.91. The molecule has 4 fully saturated rings. The highest BCUT2D eigenvalue weighted by Crippen LogP contribution is 2.63. The van der Waals surface area contributed by atoms with Crippen molar-refractivity contribution in [2.45, 2.75) is 249 Å². The van der Waals surface area contributed by atoms with E-state index < -0.39 is 0 Å². The second kappa shape index (κ2) is 15.6. The highest BCUT2D eigenvalue weighted by molar-refractivity contribution is 7.33. The third-order valence-electron chi connectivity index (χ3n) is 24.4. The normalized spacial score (nSPS) is 28.7. The van der Waals surface area contributed by atoms with E-state index in [-0.39, 0.29) is 55.4 Å². The lowest BCUT2D eigenvalue weighted by Crippen LogP contribution is -2.61. The van der Waals surface area contributed by atoms with Gasteiger partial charge in [-0.1, -0.05) is 129 Å². The van der Waals surface area contributed by atoms with Gasteiger partial charge in [0.1, 0.15) is 0 Å². The van der Waals surface area contributed by atoms with Gasteiger partial charge < -0.3 is 9.80 Å². The van der Waals surface area contributed by atoms with Gasteiger partial charge in [-0.2, -0.15) is 0 Å². The summed E-state index contributed by atoms with van der Waals surface area (Å²) >= 11 is 2.15. The molecule has 4 bridgehead atoms. The molecule has 0 saturated heterocycles. The Bertz CT molecular complexity index is 3570. The fourth-order valence-corrected chi connectivity index (χ4v) is 20.7. The van der Waals surface area contributed by atoms with Crippen LogP contribution in [0.2, 0.25) is 0 Å². The number of benzene rings is 5. The molecular formula is C74H91BN2S. The first-order valence-corrected chi connectivity index (χ1v) is 32.2. The third-order valence-corrected chi connectivity index (χ3v) is 25.7. The van der Waals surface area contributed by atoms with Crippen LogP contribution in [0.5, 0.6) is 0 Å². The molecule has 16 rings (SSSR count). The average Bonchev–Trinajstić information content (AvgIpc) is 2.62. The Morgan fingerprint density at radius 2 is 0.782 bits per heavy atom. The summed E-state index contributed by atoms with van der Waals surface area (Å²) in [7, 11) is 0. The Kier molecular flexibility index (Phi) is 10.2. The van der Waals surface area contributed by atoms with Crippen LogP contribution in [0, 0.1) is 17.8 Å². The van der Waals surface area contributed by atoms with Crippen LogP contribution in [0.4, 0.5) is 34.1 Å². The van der Waals surface area contributed by atoms with E-state index in [1.54, 1.807) is 54.8 Å². The second-order valence-corrected chi connectivity index (χ2v) is 34.5. The highest BCUT2D eigenvalue weighted by Gasteiger charge is 2.55. The third kappa shape index (κ3) is 6.98. The van der Waals surface area contributed by atoms with Crippen molar-refractivity contribution in [3.8, 4) is 0 Å². The molecule has 10 aliphatic rings. The molecule has 78 heavy (non-hydrogen) atoms. The lowest BCUT2D eigenvalue weighted by molar-refractivity contribution is -0.00514. The van der Waals surface area contributed by atoms with Crippen molar-refractivity contribution in [3.63, 3.8) is 0 Å². The summed E-state index contributed by atoms with van der Waals surface area (Å²) in [6.45, 7) is 40.6. The maximum Gasteiger partial charge on any atom is 0.264 e. The second-order valence-electron chi connectivity index (χ2n) is 33.4. The van der Waals surface area contributed by atoms with Crippen molar-refractivity contribution in [3.05, 3.63) is 123 Å². The summed E-state index contributed by atoms with van der Waals surface area (Å²) in [6, 6.07) is 32.5. The zero-order chi connectivity index (χ0) is 54.6. The van der Waals surface area contributed by atoms with Crippen LogP contribution in [-0.4, -0.2) is 6.71 Å². The summed E-state index contributed by atoms with van der Waals surface area (Å²) in [5.74, 6) is 2.56. The molecule has 6 aromatic rings. The smallest absolute Gasteiger partial charge is 0.264 e. The predicted molar refractivity (Wildman–Crippen MR) is 337 cm³/mol. The van der Waals surface area contributed by atoms with Gasteiger partial charge in [0.15, 0.2) is 0 Å². The Morgan fingerprint density at radius 1 is 0.397 bits per heavy atom. The fourth-order valence-electron chi connectivity index (χ4n) is 19.3. The van der Waals surface area contributed by atoms with Crippen molar-refractivity contribution >= 4 is 78.0 Å². The first kappa shape index (κ1) is 50.7. The Morgan fingerprint density at radius 3 is 1.26 bits per heavy atom. The van der Waals surface area contributed by atoms with Crippen molar-refractivity contribution in [2.75, 3.05) is 9.80 Å². The van der Waals surface area contributed by atoms with Gasteiger partial charge in [0.05, 0.1) is 5.69 Å². The van der Waals surface area contributed by atoms with Gasteiger partial charge in [-0.15, -0.1) is 11.3 Å². The number of hydrogen-bond donors (Lipinski definition) is 0. The standard InChI is InChI=1S/C74H91BN2S/c1-66(2)21-23-68(5,6)52-34-47(17-19-50(52)66)76-59-38-56-55(71(11,12)26-27-72(56,13)14)37-58(59)75-63-60(76)32-46(74-40-43-29-44(41-74)31-45(30-43)42-74)33-61(63)77(48-18-20-51-53(35-48)69(7,8)24-22-67(51,3)4)64-49-36-54-57(39-62(49)78-65(64)75)73(15,16)28-25-70(54,9)10/h17-20,32-39,43-45H,21-31,40-42H2,1-16H3. The number of thiophene rings is 1. The average molecular weight is 1050 g/mol. The molecule has 2 nitrogen and oxygen atoms in total. The maximum atomic E-state index is 2.91. The highest BCUT2D eigenvalue weighted by atomic mass is 32.1. The van der Waals surface area contributed by atoms with Crippen LogP contribution in [0.25, 0.3) is 10.1 Å². The molecule has 0 atom stereocenters. The fraction of sp³-hybridized carbons (Fsp3) is 0.568. The molecule has 0 unspecified atom stereocenters. The monoisotopic (exact) mass is 1050 g/mol. The minimum Gasteiger partial charge on any atom is -0.311 e. The molecule has 1 aromatic heterocycles. The van der Waals surface area contributed by atoms with Gasteiger partial charge in [-0.3, -0.25) is 0 Å². The van der Waals surface area contributed by atoms with E-state index in [0.717, 1.165) is 17.8 Å². The zero-order valence-corrected chi connectivity index (χ0v) is 51.8. The minimum atomic E-state index is 0.0690. The van der Waals surface area contributed by atoms with E-state index in [2.05, 4.69) is 205 Å². The van der Waals surface area contributed by atoms with E-state index in [4.69, 9.17) is 0 Å². The molecule has 3 heterocycles. The van der Waals surface area contributed by atoms with Crippen LogP contribution in [-0.2, 0) is 48.7 Å². The first-order chi connectivity index (χ1) is 36.5. The Labute approximate surface area is 475 Å². The lowest BCUT2D eigenvalue weighted by Gasteiger charge is -2.57. The van der Waals surface area contributed by atoms with Gasteiger partial charge in [0.25, 0.3) is 6.71 Å². The minimum absolute atomic E-state index is 0.0690. The number of hydrogen-bond acceptors (Lipinski definition) is 3. The molecule has 0 amide bonds. The van der Waals surface area contributed by atoms with Gasteiger partial charge in [0.2, 0.25) is 0 Å². The summed E-state index contributed by atoms with van der Waals surface area (Å²) in [6.07, 6.45) is 18.1. The van der Waals surface area contributed by atoms with E-state index >= 15 is 0 Å². The molecule has 0 radical (unpaired) electrons. The molecule has 8 aliphatic carbocycles. The quantitative estimate of drug-likeness (QED) is 0.163. The summed E-state index contributed by atoms with van der Waals surface area (Å²) in [5.41, 5.74) is 26.6. The molecule has 4 heteroatoms. The molecule has 406 valence electrons. The van der Waals surface area contributed by atoms with Gasteiger partial charge in [-0.25, -0.2) is 0 Å². The largest absolute Gasteiger partial charge is 0.311 e. The van der Waals surface area contributed by atoms with E-state index in [0.29, 0.717) is 0 Å². The van der Waals surface area contributed by atoms with E-state index in [1.165, 1.54) is 145 Å². The molecular weight excluding hydrogens is 960 g/mol. The number of fused-ring (bicyclic) bond motifs is 10. The lowest BCUT2D eigenvalue weighted by atomic mass is 9.35. The van der Waals surface area contributed by atoms with Crippen molar-refractivity contribution in [1.82, 2.24) is 0 Å². The van der Waals surface area contributed by atoms with E-state index in [9.17, 15) is 0 Å². The van der Waals surface area contributed by atoms with Crippen molar-refractivity contribution in [1.29, 1.82) is 0 Å².